The van der Waals surface area contributed by atoms with E-state index < -0.39 is 42.6 Å². The number of hydrogen-bond donors (Lipinski definition) is 5. The number of carbonyl (C=O) groups is 1. The summed E-state index contributed by atoms with van der Waals surface area (Å²) in [4.78, 5) is 12.1. The highest BCUT2D eigenvalue weighted by Gasteiger charge is 2.47. The Balaban J connectivity index is 2.04. The normalized spacial score (nSPS) is 27.6. The van der Waals surface area contributed by atoms with E-state index in [2.05, 4.69) is 19.1 Å². The Morgan fingerprint density at radius 1 is 0.774 bits per heavy atom. The Labute approximate surface area is 187 Å². The van der Waals surface area contributed by atoms with E-state index in [4.69, 9.17) is 4.74 Å². The SMILES string of the molecule is CCCCCCCCC=CCCCCCCCC(=O)C(O)[C@H]1O[C@H](O)[C@H](O)[C@@H](O)[C@@H]1O. The van der Waals surface area contributed by atoms with Crippen molar-refractivity contribution in [2.75, 3.05) is 0 Å². The second-order valence-corrected chi connectivity index (χ2v) is 8.71. The van der Waals surface area contributed by atoms with Gasteiger partial charge in [0.25, 0.3) is 0 Å². The largest absolute Gasteiger partial charge is 0.387 e. The third kappa shape index (κ3) is 11.0. The van der Waals surface area contributed by atoms with Gasteiger partial charge < -0.3 is 30.3 Å². The molecule has 1 heterocycles. The molecule has 0 spiro atoms. The first-order valence-corrected chi connectivity index (χ1v) is 12.1. The van der Waals surface area contributed by atoms with Gasteiger partial charge in [-0.15, -0.1) is 0 Å². The van der Waals surface area contributed by atoms with Gasteiger partial charge in [0.2, 0.25) is 0 Å². The standard InChI is InChI=1S/C24H44O7/c1-2-3-4-5-6-7-8-9-10-11-12-13-14-15-16-17-18(25)19(26)23-21(28)20(27)22(29)24(30)31-23/h9-10,19-24,26-30H,2-8,11-17H2,1H3/t19?,20-,21-,22+,23+,24-/m0/s1. The van der Waals surface area contributed by atoms with Gasteiger partial charge >= 0.3 is 0 Å². The molecule has 0 aromatic carbocycles. The van der Waals surface area contributed by atoms with Gasteiger partial charge in [-0.3, -0.25) is 4.79 Å². The van der Waals surface area contributed by atoms with Crippen molar-refractivity contribution in [1.82, 2.24) is 0 Å². The maximum absolute atomic E-state index is 12.1. The van der Waals surface area contributed by atoms with Gasteiger partial charge in [0.1, 0.15) is 30.5 Å². The maximum Gasteiger partial charge on any atom is 0.184 e. The quantitative estimate of drug-likeness (QED) is 0.172. The van der Waals surface area contributed by atoms with E-state index >= 15 is 0 Å². The lowest BCUT2D eigenvalue weighted by molar-refractivity contribution is -0.294. The van der Waals surface area contributed by atoms with Crippen molar-refractivity contribution in [1.29, 1.82) is 0 Å². The minimum atomic E-state index is -1.76. The zero-order valence-electron chi connectivity index (χ0n) is 19.1. The zero-order valence-corrected chi connectivity index (χ0v) is 19.1. The second-order valence-electron chi connectivity index (χ2n) is 8.71. The van der Waals surface area contributed by atoms with Crippen molar-refractivity contribution in [3.63, 3.8) is 0 Å². The Bertz CT molecular complexity index is 496. The monoisotopic (exact) mass is 444 g/mol. The molecular weight excluding hydrogens is 400 g/mol. The molecule has 1 aliphatic rings. The van der Waals surface area contributed by atoms with E-state index in [0.29, 0.717) is 6.42 Å². The van der Waals surface area contributed by atoms with Crippen molar-refractivity contribution in [3.8, 4) is 0 Å². The highest BCUT2D eigenvalue weighted by molar-refractivity contribution is 5.83. The number of unbranched alkanes of at least 4 members (excludes halogenated alkanes) is 11. The second kappa shape index (κ2) is 16.8. The number of hydrogen-bond acceptors (Lipinski definition) is 7. The summed E-state index contributed by atoms with van der Waals surface area (Å²) in [5.41, 5.74) is 0. The van der Waals surface area contributed by atoms with E-state index in [1.54, 1.807) is 0 Å². The lowest BCUT2D eigenvalue weighted by atomic mass is 9.92. The van der Waals surface area contributed by atoms with Gasteiger partial charge in [-0.05, 0) is 32.1 Å². The third-order valence-corrected chi connectivity index (χ3v) is 5.95. The summed E-state index contributed by atoms with van der Waals surface area (Å²) in [5, 5.41) is 48.6. The number of aliphatic hydroxyl groups excluding tert-OH is 5. The summed E-state index contributed by atoms with van der Waals surface area (Å²) in [6.07, 6.45) is 9.76. The minimum Gasteiger partial charge on any atom is -0.387 e. The Morgan fingerprint density at radius 3 is 1.87 bits per heavy atom. The smallest absolute Gasteiger partial charge is 0.184 e. The fraction of sp³-hybridized carbons (Fsp3) is 0.875. The van der Waals surface area contributed by atoms with Crippen molar-refractivity contribution < 1.29 is 35.1 Å². The number of aliphatic hydroxyl groups is 5. The van der Waals surface area contributed by atoms with Crippen LogP contribution in [0.5, 0.6) is 0 Å². The molecule has 31 heavy (non-hydrogen) atoms. The average molecular weight is 445 g/mol. The predicted octanol–water partition coefficient (Wildman–Crippen LogP) is 2.75. The molecule has 1 unspecified atom stereocenters. The average Bonchev–Trinajstić information content (AvgIpc) is 2.76. The Morgan fingerprint density at radius 2 is 1.29 bits per heavy atom. The number of ketones is 1. The number of carbonyl (C=O) groups excluding carboxylic acids is 1. The molecule has 0 aliphatic carbocycles. The molecule has 0 bridgehead atoms. The molecule has 182 valence electrons. The van der Waals surface area contributed by atoms with Crippen LogP contribution in [0, 0.1) is 0 Å². The molecule has 0 amide bonds. The van der Waals surface area contributed by atoms with Crippen LogP contribution in [0.25, 0.3) is 0 Å². The molecule has 5 N–H and O–H groups in total. The van der Waals surface area contributed by atoms with Crippen LogP contribution in [0.1, 0.15) is 96.8 Å². The maximum atomic E-state index is 12.1. The lowest BCUT2D eigenvalue weighted by Gasteiger charge is -2.39. The van der Waals surface area contributed by atoms with Gasteiger partial charge in [0, 0.05) is 6.42 Å². The molecule has 1 aliphatic heterocycles. The van der Waals surface area contributed by atoms with Crippen molar-refractivity contribution in [3.05, 3.63) is 12.2 Å². The number of allylic oxidation sites excluding steroid dienone is 2. The van der Waals surface area contributed by atoms with Crippen LogP contribution in [-0.2, 0) is 9.53 Å². The Hall–Kier alpha value is -0.830. The van der Waals surface area contributed by atoms with Gasteiger partial charge in [-0.25, -0.2) is 0 Å². The van der Waals surface area contributed by atoms with Crippen molar-refractivity contribution >= 4 is 5.78 Å². The molecule has 6 atom stereocenters. The van der Waals surface area contributed by atoms with Crippen LogP contribution >= 0.6 is 0 Å². The first-order chi connectivity index (χ1) is 14.9. The summed E-state index contributed by atoms with van der Waals surface area (Å²) in [7, 11) is 0. The number of Topliss-reactive ketones (excluding diaryl/α,β-unsaturated/α-hetero) is 1. The molecular formula is C24H44O7. The fourth-order valence-corrected chi connectivity index (χ4v) is 3.85. The molecule has 0 saturated carbocycles. The molecule has 0 aromatic heterocycles. The van der Waals surface area contributed by atoms with E-state index in [0.717, 1.165) is 32.1 Å². The van der Waals surface area contributed by atoms with Gasteiger partial charge in [0.15, 0.2) is 12.1 Å². The van der Waals surface area contributed by atoms with Crippen LogP contribution in [0.15, 0.2) is 12.2 Å². The van der Waals surface area contributed by atoms with Gasteiger partial charge in [0.05, 0.1) is 0 Å². The van der Waals surface area contributed by atoms with Crippen LogP contribution in [0.4, 0.5) is 0 Å². The van der Waals surface area contributed by atoms with Crippen LogP contribution in [0.2, 0.25) is 0 Å². The van der Waals surface area contributed by atoms with Crippen molar-refractivity contribution in [2.24, 2.45) is 0 Å². The first-order valence-electron chi connectivity index (χ1n) is 12.1. The van der Waals surface area contributed by atoms with Gasteiger partial charge in [-0.1, -0.05) is 70.4 Å². The molecule has 1 fully saturated rings. The highest BCUT2D eigenvalue weighted by Crippen LogP contribution is 2.23. The van der Waals surface area contributed by atoms with Crippen LogP contribution in [0.3, 0.4) is 0 Å². The first kappa shape index (κ1) is 28.2. The summed E-state index contributed by atoms with van der Waals surface area (Å²) in [6, 6.07) is 0. The van der Waals surface area contributed by atoms with Crippen LogP contribution in [-0.4, -0.2) is 68.1 Å². The zero-order chi connectivity index (χ0) is 23.1. The molecule has 0 aromatic rings. The van der Waals surface area contributed by atoms with E-state index in [1.165, 1.54) is 44.9 Å². The summed E-state index contributed by atoms with van der Waals surface area (Å²) in [6.45, 7) is 2.24. The molecule has 1 rings (SSSR count). The molecule has 7 heteroatoms. The third-order valence-electron chi connectivity index (χ3n) is 5.95. The highest BCUT2D eigenvalue weighted by atomic mass is 16.6. The summed E-state index contributed by atoms with van der Waals surface area (Å²) < 4.78 is 4.91. The Kier molecular flexibility index (Phi) is 15.2. The van der Waals surface area contributed by atoms with Gasteiger partial charge in [-0.2, -0.15) is 0 Å². The minimum absolute atomic E-state index is 0.140. The van der Waals surface area contributed by atoms with E-state index in [1.807, 2.05) is 0 Å². The lowest BCUT2D eigenvalue weighted by Crippen LogP contribution is -2.61. The van der Waals surface area contributed by atoms with E-state index in [-0.39, 0.29) is 6.42 Å². The fourth-order valence-electron chi connectivity index (χ4n) is 3.85. The van der Waals surface area contributed by atoms with E-state index in [9.17, 15) is 30.3 Å². The summed E-state index contributed by atoms with van der Waals surface area (Å²) in [5.74, 6) is -0.502. The number of ether oxygens (including phenoxy) is 1. The van der Waals surface area contributed by atoms with Crippen LogP contribution < -0.4 is 0 Å². The molecule has 1 saturated heterocycles. The predicted molar refractivity (Wildman–Crippen MR) is 119 cm³/mol. The molecule has 0 radical (unpaired) electrons. The van der Waals surface area contributed by atoms with Crippen molar-refractivity contribution in [2.45, 2.75) is 134 Å². The topological polar surface area (TPSA) is 127 Å². The molecule has 7 nitrogen and oxygen atoms in total. The summed E-state index contributed by atoms with van der Waals surface area (Å²) >= 11 is 0. The number of rotatable bonds is 17.